The fourth-order valence-electron chi connectivity index (χ4n) is 0.743. The van der Waals surface area contributed by atoms with Gasteiger partial charge in [0, 0.05) is 11.9 Å². The second kappa shape index (κ2) is 3.80. The Bertz CT molecular complexity index is 286. The van der Waals surface area contributed by atoms with Crippen LogP contribution in [0, 0.1) is 6.92 Å². The molecule has 0 amide bonds. The van der Waals surface area contributed by atoms with Gasteiger partial charge in [-0.3, -0.25) is 0 Å². The van der Waals surface area contributed by atoms with Crippen LogP contribution < -0.4 is 0 Å². The molecule has 0 fully saturated rings. The number of rotatable bonds is 2. The number of carbonyl (C=O) groups is 1. The average Bonchev–Trinajstić information content (AvgIpc) is 2.05. The summed E-state index contributed by atoms with van der Waals surface area (Å²) < 4.78 is 4.72. The lowest BCUT2D eigenvalue weighted by Gasteiger charge is -1.99. The minimum absolute atomic E-state index is 0.122. The van der Waals surface area contributed by atoms with Crippen LogP contribution in [0.1, 0.15) is 23.2 Å². The van der Waals surface area contributed by atoms with E-state index in [9.17, 15) is 4.79 Å². The van der Waals surface area contributed by atoms with Crippen molar-refractivity contribution in [2.24, 2.45) is 0 Å². The average molecular weight is 166 g/mol. The molecule has 1 aromatic heterocycles. The molecule has 4 heteroatoms. The first-order valence-corrected chi connectivity index (χ1v) is 3.71. The maximum Gasteiger partial charge on any atom is 0.376 e. The molecule has 0 aliphatic heterocycles. The van der Waals surface area contributed by atoms with Crippen LogP contribution in [0.5, 0.6) is 0 Å². The van der Waals surface area contributed by atoms with Crippen molar-refractivity contribution >= 4 is 5.97 Å². The molecule has 0 bridgehead atoms. The fourth-order valence-corrected chi connectivity index (χ4v) is 0.743. The summed E-state index contributed by atoms with van der Waals surface area (Å²) in [7, 11) is 0. The van der Waals surface area contributed by atoms with Gasteiger partial charge in [0.25, 0.3) is 0 Å². The van der Waals surface area contributed by atoms with Crippen LogP contribution in [-0.4, -0.2) is 22.5 Å². The summed E-state index contributed by atoms with van der Waals surface area (Å²) in [6.07, 6.45) is 1.54. The Morgan fingerprint density at radius 3 is 3.00 bits per heavy atom. The molecule has 0 unspecified atom stereocenters. The van der Waals surface area contributed by atoms with E-state index in [-0.39, 0.29) is 5.82 Å². The molecule has 1 aromatic rings. The number of aromatic nitrogens is 2. The van der Waals surface area contributed by atoms with E-state index in [4.69, 9.17) is 4.74 Å². The Balaban J connectivity index is 2.81. The molecule has 0 saturated heterocycles. The monoisotopic (exact) mass is 166 g/mol. The number of nitrogens with zero attached hydrogens (tertiary/aromatic N) is 2. The number of carbonyl (C=O) groups excluding carboxylic acids is 1. The van der Waals surface area contributed by atoms with Gasteiger partial charge in [-0.25, -0.2) is 14.8 Å². The highest BCUT2D eigenvalue weighted by atomic mass is 16.5. The van der Waals surface area contributed by atoms with E-state index < -0.39 is 5.97 Å². The first kappa shape index (κ1) is 8.64. The van der Waals surface area contributed by atoms with Crippen molar-refractivity contribution < 1.29 is 9.53 Å². The Kier molecular flexibility index (Phi) is 2.74. The van der Waals surface area contributed by atoms with Gasteiger partial charge in [-0.15, -0.1) is 0 Å². The van der Waals surface area contributed by atoms with Gasteiger partial charge in [-0.2, -0.15) is 0 Å². The lowest BCUT2D eigenvalue weighted by molar-refractivity contribution is 0.0511. The van der Waals surface area contributed by atoms with E-state index in [1.54, 1.807) is 19.9 Å². The topological polar surface area (TPSA) is 52.1 Å². The molecule has 0 radical (unpaired) electrons. The van der Waals surface area contributed by atoms with E-state index >= 15 is 0 Å². The van der Waals surface area contributed by atoms with Crippen molar-refractivity contribution in [1.29, 1.82) is 0 Å². The summed E-state index contributed by atoms with van der Waals surface area (Å²) in [6.45, 7) is 3.88. The SMILES string of the molecule is CCOC(=O)c1nccc(C)n1. The Hall–Kier alpha value is -1.45. The Morgan fingerprint density at radius 2 is 2.42 bits per heavy atom. The van der Waals surface area contributed by atoms with Crippen LogP contribution in [0.15, 0.2) is 12.3 Å². The van der Waals surface area contributed by atoms with Crippen molar-refractivity contribution in [3.05, 3.63) is 23.8 Å². The minimum atomic E-state index is -0.471. The number of ether oxygens (including phenoxy) is 1. The second-order valence-corrected chi connectivity index (χ2v) is 2.24. The van der Waals surface area contributed by atoms with Gasteiger partial charge in [-0.1, -0.05) is 0 Å². The zero-order chi connectivity index (χ0) is 8.97. The predicted molar refractivity (Wildman–Crippen MR) is 42.7 cm³/mol. The third-order valence-electron chi connectivity index (χ3n) is 1.25. The summed E-state index contributed by atoms with van der Waals surface area (Å²) >= 11 is 0. The number of esters is 1. The summed E-state index contributed by atoms with van der Waals surface area (Å²) in [5.41, 5.74) is 0.757. The molecule has 64 valence electrons. The standard InChI is InChI=1S/C8H10N2O2/c1-3-12-8(11)7-9-5-4-6(2)10-7/h4-5H,3H2,1-2H3. The normalized spacial score (nSPS) is 9.50. The van der Waals surface area contributed by atoms with E-state index in [1.807, 2.05) is 0 Å². The summed E-state index contributed by atoms with van der Waals surface area (Å²) in [5, 5.41) is 0. The first-order chi connectivity index (χ1) is 5.74. The zero-order valence-corrected chi connectivity index (χ0v) is 7.07. The number of hydrogen-bond acceptors (Lipinski definition) is 4. The zero-order valence-electron chi connectivity index (χ0n) is 7.07. The van der Waals surface area contributed by atoms with Crippen LogP contribution in [0.4, 0.5) is 0 Å². The maximum atomic E-state index is 11.0. The number of hydrogen-bond donors (Lipinski definition) is 0. The van der Waals surface area contributed by atoms with Crippen LogP contribution in [0.25, 0.3) is 0 Å². The molecule has 4 nitrogen and oxygen atoms in total. The molecule has 0 aliphatic carbocycles. The summed E-state index contributed by atoms with van der Waals surface area (Å²) in [4.78, 5) is 18.7. The van der Waals surface area contributed by atoms with Gasteiger partial charge in [0.2, 0.25) is 5.82 Å². The molecule has 0 N–H and O–H groups in total. The van der Waals surface area contributed by atoms with E-state index in [2.05, 4.69) is 9.97 Å². The molecule has 1 rings (SSSR count). The highest BCUT2D eigenvalue weighted by Crippen LogP contribution is 1.95. The van der Waals surface area contributed by atoms with E-state index in [1.165, 1.54) is 6.20 Å². The van der Waals surface area contributed by atoms with Crippen LogP contribution in [-0.2, 0) is 4.74 Å². The van der Waals surface area contributed by atoms with Gasteiger partial charge in [0.15, 0.2) is 0 Å². The van der Waals surface area contributed by atoms with Crippen LogP contribution in [0.2, 0.25) is 0 Å². The largest absolute Gasteiger partial charge is 0.460 e. The van der Waals surface area contributed by atoms with Crippen molar-refractivity contribution in [2.45, 2.75) is 13.8 Å². The number of aryl methyl sites for hydroxylation is 1. The maximum absolute atomic E-state index is 11.0. The van der Waals surface area contributed by atoms with Crippen LogP contribution in [0.3, 0.4) is 0 Å². The third kappa shape index (κ3) is 2.02. The Labute approximate surface area is 70.6 Å². The van der Waals surface area contributed by atoms with Crippen molar-refractivity contribution in [3.63, 3.8) is 0 Å². The molecule has 0 spiro atoms. The van der Waals surface area contributed by atoms with Crippen molar-refractivity contribution in [3.8, 4) is 0 Å². The lowest BCUT2D eigenvalue weighted by Crippen LogP contribution is -2.09. The van der Waals surface area contributed by atoms with Gasteiger partial charge < -0.3 is 4.74 Å². The second-order valence-electron chi connectivity index (χ2n) is 2.24. The predicted octanol–water partition coefficient (Wildman–Crippen LogP) is 0.962. The molecule has 1 heterocycles. The third-order valence-corrected chi connectivity index (χ3v) is 1.25. The van der Waals surface area contributed by atoms with E-state index in [0.29, 0.717) is 6.61 Å². The smallest absolute Gasteiger partial charge is 0.376 e. The highest BCUT2D eigenvalue weighted by Gasteiger charge is 2.08. The van der Waals surface area contributed by atoms with Gasteiger partial charge in [0.05, 0.1) is 6.61 Å². The van der Waals surface area contributed by atoms with Gasteiger partial charge in [-0.05, 0) is 19.9 Å². The van der Waals surface area contributed by atoms with Gasteiger partial charge in [0.1, 0.15) is 0 Å². The fraction of sp³-hybridized carbons (Fsp3) is 0.375. The minimum Gasteiger partial charge on any atom is -0.460 e. The molecule has 0 aromatic carbocycles. The highest BCUT2D eigenvalue weighted by molar-refractivity contribution is 5.84. The molecular formula is C8H10N2O2. The summed E-state index contributed by atoms with van der Waals surface area (Å²) in [6, 6.07) is 1.72. The molecule has 0 atom stereocenters. The van der Waals surface area contributed by atoms with Crippen molar-refractivity contribution in [1.82, 2.24) is 9.97 Å². The Morgan fingerprint density at radius 1 is 1.67 bits per heavy atom. The van der Waals surface area contributed by atoms with E-state index in [0.717, 1.165) is 5.69 Å². The lowest BCUT2D eigenvalue weighted by atomic mass is 10.4. The van der Waals surface area contributed by atoms with Gasteiger partial charge >= 0.3 is 5.97 Å². The molecule has 12 heavy (non-hydrogen) atoms. The molecular weight excluding hydrogens is 156 g/mol. The van der Waals surface area contributed by atoms with Crippen molar-refractivity contribution in [2.75, 3.05) is 6.61 Å². The van der Waals surface area contributed by atoms with Crippen LogP contribution >= 0.6 is 0 Å². The molecule has 0 saturated carbocycles. The summed E-state index contributed by atoms with van der Waals surface area (Å²) in [5.74, 6) is -0.349. The molecule has 0 aliphatic rings. The quantitative estimate of drug-likeness (QED) is 0.614. The first-order valence-electron chi connectivity index (χ1n) is 3.71.